The van der Waals surface area contributed by atoms with Gasteiger partial charge in [0.1, 0.15) is 11.9 Å². The Morgan fingerprint density at radius 2 is 1.20 bits per heavy atom. The smallest absolute Gasteiger partial charge is 0.128 e. The van der Waals surface area contributed by atoms with Crippen LogP contribution in [0.1, 0.15) is 28.2 Å². The van der Waals surface area contributed by atoms with Crippen LogP contribution >= 0.6 is 0 Å². The first-order valence-electron chi connectivity index (χ1n) is 10.4. The summed E-state index contributed by atoms with van der Waals surface area (Å²) < 4.78 is 6.78. The number of hydrogen-bond donors (Lipinski definition) is 0. The Bertz CT molecular complexity index is 1190. The van der Waals surface area contributed by atoms with Gasteiger partial charge in [0.2, 0.25) is 0 Å². The highest BCUT2D eigenvalue weighted by molar-refractivity contribution is 5.92. The zero-order valence-electron chi connectivity index (χ0n) is 16.5. The van der Waals surface area contributed by atoms with Crippen molar-refractivity contribution in [3.05, 3.63) is 131 Å². The first-order chi connectivity index (χ1) is 14.9. The molecule has 6 rings (SSSR count). The maximum absolute atomic E-state index is 6.78. The van der Waals surface area contributed by atoms with Gasteiger partial charge in [0.05, 0.1) is 11.1 Å². The third-order valence-corrected chi connectivity index (χ3v) is 6.41. The first kappa shape index (κ1) is 17.2. The fourth-order valence-electron chi connectivity index (χ4n) is 5.11. The van der Waals surface area contributed by atoms with E-state index in [0.717, 1.165) is 11.4 Å². The molecule has 1 spiro atoms. The summed E-state index contributed by atoms with van der Waals surface area (Å²) >= 11 is 0. The first-order valence-corrected chi connectivity index (χ1v) is 10.4. The van der Waals surface area contributed by atoms with Crippen LogP contribution in [0.15, 0.2) is 114 Å². The second kappa shape index (κ2) is 6.70. The van der Waals surface area contributed by atoms with Crippen molar-refractivity contribution in [3.63, 3.8) is 0 Å². The van der Waals surface area contributed by atoms with Crippen molar-refractivity contribution in [1.82, 2.24) is 0 Å². The van der Waals surface area contributed by atoms with E-state index in [1.807, 2.05) is 6.07 Å². The van der Waals surface area contributed by atoms with Crippen LogP contribution in [-0.2, 0) is 5.41 Å². The van der Waals surface area contributed by atoms with Gasteiger partial charge in [-0.3, -0.25) is 4.99 Å². The molecular weight excluding hydrogens is 366 g/mol. The highest BCUT2D eigenvalue weighted by Crippen LogP contribution is 2.55. The maximum atomic E-state index is 6.78. The van der Waals surface area contributed by atoms with E-state index in [2.05, 4.69) is 109 Å². The zero-order valence-corrected chi connectivity index (χ0v) is 16.5. The minimum atomic E-state index is -0.413. The van der Waals surface area contributed by atoms with E-state index in [1.54, 1.807) is 0 Å². The average molecular weight is 387 g/mol. The summed E-state index contributed by atoms with van der Waals surface area (Å²) in [5.74, 6) is 1.01. The van der Waals surface area contributed by atoms with E-state index in [-0.39, 0.29) is 12.0 Å². The van der Waals surface area contributed by atoms with E-state index in [9.17, 15) is 0 Å². The molecule has 2 heterocycles. The van der Waals surface area contributed by atoms with Crippen molar-refractivity contribution in [2.75, 3.05) is 0 Å². The van der Waals surface area contributed by atoms with Crippen LogP contribution in [0.4, 0.5) is 5.69 Å². The summed E-state index contributed by atoms with van der Waals surface area (Å²) in [4.78, 5) is 4.85. The summed E-state index contributed by atoms with van der Waals surface area (Å²) in [6.07, 6.45) is 1.99. The highest BCUT2D eigenvalue weighted by atomic mass is 16.5. The number of fused-ring (bicyclic) bond motifs is 4. The van der Waals surface area contributed by atoms with Gasteiger partial charge < -0.3 is 4.74 Å². The number of ether oxygens (including phenoxy) is 1. The van der Waals surface area contributed by atoms with Gasteiger partial charge in [-0.05, 0) is 28.8 Å². The lowest BCUT2D eigenvalue weighted by Gasteiger charge is -2.35. The molecule has 0 saturated carbocycles. The maximum Gasteiger partial charge on any atom is 0.128 e. The monoisotopic (exact) mass is 387 g/mol. The molecule has 0 aliphatic carbocycles. The van der Waals surface area contributed by atoms with Crippen LogP contribution in [0, 0.1) is 0 Å². The Hall–Kier alpha value is -3.65. The summed E-state index contributed by atoms with van der Waals surface area (Å²) in [5, 5.41) is 0. The lowest BCUT2D eigenvalue weighted by atomic mass is 9.67. The number of aliphatic imine (C=N–C) groups is 1. The number of hydrogen-bond acceptors (Lipinski definition) is 2. The molecule has 0 bridgehead atoms. The Labute approximate surface area is 176 Å². The van der Waals surface area contributed by atoms with E-state index >= 15 is 0 Å². The number of benzene rings is 4. The van der Waals surface area contributed by atoms with Gasteiger partial charge in [-0.15, -0.1) is 0 Å². The third kappa shape index (κ3) is 2.40. The average Bonchev–Trinajstić information content (AvgIpc) is 3.36. The molecule has 2 aliphatic heterocycles. The van der Waals surface area contributed by atoms with E-state index < -0.39 is 5.41 Å². The minimum absolute atomic E-state index is 0.0670. The SMILES string of the molecule is C1=Nc2ccccc2C12c1ccccc1OC2C(c1ccccc1)c1ccccc1. The molecule has 0 fully saturated rings. The van der Waals surface area contributed by atoms with Crippen molar-refractivity contribution in [3.8, 4) is 5.75 Å². The summed E-state index contributed by atoms with van der Waals surface area (Å²) in [6, 6.07) is 38.3. The zero-order chi connectivity index (χ0) is 20.0. The molecule has 2 atom stereocenters. The van der Waals surface area contributed by atoms with Gasteiger partial charge in [-0.2, -0.15) is 0 Å². The Morgan fingerprint density at radius 1 is 0.633 bits per heavy atom. The van der Waals surface area contributed by atoms with E-state index in [0.29, 0.717) is 0 Å². The van der Waals surface area contributed by atoms with Gasteiger partial charge in [-0.1, -0.05) is 97.1 Å². The molecule has 2 heteroatoms. The molecule has 4 aromatic rings. The normalized spacial score (nSPS) is 20.9. The van der Waals surface area contributed by atoms with E-state index in [4.69, 9.17) is 9.73 Å². The van der Waals surface area contributed by atoms with Crippen LogP contribution in [0.25, 0.3) is 0 Å². The summed E-state index contributed by atoms with van der Waals surface area (Å²) in [7, 11) is 0. The molecule has 2 aliphatic rings. The van der Waals surface area contributed by atoms with Crippen molar-refractivity contribution in [2.24, 2.45) is 4.99 Å². The summed E-state index contributed by atoms with van der Waals surface area (Å²) in [6.45, 7) is 0. The molecule has 0 N–H and O–H groups in total. The quantitative estimate of drug-likeness (QED) is 0.405. The van der Waals surface area contributed by atoms with Crippen LogP contribution < -0.4 is 4.74 Å². The molecule has 0 amide bonds. The van der Waals surface area contributed by atoms with Gasteiger partial charge in [0.15, 0.2) is 0 Å². The van der Waals surface area contributed by atoms with Gasteiger partial charge >= 0.3 is 0 Å². The Morgan fingerprint density at radius 3 is 1.90 bits per heavy atom. The predicted molar refractivity (Wildman–Crippen MR) is 121 cm³/mol. The largest absolute Gasteiger partial charge is 0.487 e. The molecule has 144 valence electrons. The fourth-order valence-corrected chi connectivity index (χ4v) is 5.11. The van der Waals surface area contributed by atoms with Crippen LogP contribution in [0.5, 0.6) is 5.75 Å². The molecule has 0 radical (unpaired) electrons. The molecule has 30 heavy (non-hydrogen) atoms. The molecule has 4 aromatic carbocycles. The number of rotatable bonds is 3. The van der Waals surface area contributed by atoms with Crippen molar-refractivity contribution in [1.29, 1.82) is 0 Å². The lowest BCUT2D eigenvalue weighted by Crippen LogP contribution is -2.43. The van der Waals surface area contributed by atoms with Crippen molar-refractivity contribution in [2.45, 2.75) is 17.4 Å². The highest BCUT2D eigenvalue weighted by Gasteiger charge is 2.55. The van der Waals surface area contributed by atoms with Crippen LogP contribution in [-0.4, -0.2) is 12.3 Å². The van der Waals surface area contributed by atoms with Gasteiger partial charge in [-0.25, -0.2) is 0 Å². The molecule has 0 aromatic heterocycles. The molecular formula is C28H21NO. The second-order valence-corrected chi connectivity index (χ2v) is 7.98. The van der Waals surface area contributed by atoms with Gasteiger partial charge in [0, 0.05) is 17.7 Å². The third-order valence-electron chi connectivity index (χ3n) is 6.41. The standard InChI is InChI=1S/C28H21NO/c1-3-11-20(12-4-1)26(21-13-5-2-6-14-21)27-28(23-16-8-10-18-25(23)30-27)19-29-24-17-9-7-15-22(24)28/h1-19,26-27H. The van der Waals surface area contributed by atoms with Crippen molar-refractivity contribution >= 4 is 11.9 Å². The number of nitrogens with zero attached hydrogens (tertiary/aromatic N) is 1. The van der Waals surface area contributed by atoms with Crippen LogP contribution in [0.2, 0.25) is 0 Å². The minimum Gasteiger partial charge on any atom is -0.487 e. The fraction of sp³-hybridized carbons (Fsp3) is 0.107. The van der Waals surface area contributed by atoms with Crippen molar-refractivity contribution < 1.29 is 4.74 Å². The molecule has 2 unspecified atom stereocenters. The van der Waals surface area contributed by atoms with Gasteiger partial charge in [0.25, 0.3) is 0 Å². The second-order valence-electron chi connectivity index (χ2n) is 7.98. The summed E-state index contributed by atoms with van der Waals surface area (Å²) in [5.41, 5.74) is 5.53. The Kier molecular flexibility index (Phi) is 3.85. The predicted octanol–water partition coefficient (Wildman–Crippen LogP) is 6.28. The lowest BCUT2D eigenvalue weighted by molar-refractivity contribution is 0.181. The molecule has 2 nitrogen and oxygen atoms in total. The van der Waals surface area contributed by atoms with Crippen LogP contribution in [0.3, 0.4) is 0 Å². The Balaban J connectivity index is 1.62. The number of para-hydroxylation sites is 2. The molecule has 0 saturated heterocycles. The topological polar surface area (TPSA) is 21.6 Å². The van der Waals surface area contributed by atoms with E-state index in [1.165, 1.54) is 22.3 Å².